The zero-order valence-corrected chi connectivity index (χ0v) is 24.5. The fourth-order valence-electron chi connectivity index (χ4n) is 6.16. The van der Waals surface area contributed by atoms with Gasteiger partial charge in [-0.15, -0.1) is 0 Å². The van der Waals surface area contributed by atoms with E-state index in [2.05, 4.69) is 25.7 Å². The molecule has 3 N–H and O–H groups in total. The molecule has 0 spiro atoms. The lowest BCUT2D eigenvalue weighted by atomic mass is 9.77. The van der Waals surface area contributed by atoms with Gasteiger partial charge in [0.05, 0.1) is 14.7 Å². The molecule has 2 aliphatic carbocycles. The van der Waals surface area contributed by atoms with E-state index in [1.807, 2.05) is 6.07 Å². The summed E-state index contributed by atoms with van der Waals surface area (Å²) in [5.41, 5.74) is 2.68. The highest BCUT2D eigenvalue weighted by Crippen LogP contribution is 2.47. The van der Waals surface area contributed by atoms with Crippen molar-refractivity contribution in [3.63, 3.8) is 0 Å². The number of aliphatic carboxylic acids is 1. The summed E-state index contributed by atoms with van der Waals surface area (Å²) in [6.45, 7) is 0.0578. The van der Waals surface area contributed by atoms with Crippen LogP contribution < -0.4 is 15.5 Å². The number of piperidine rings is 1. The highest BCUT2D eigenvalue weighted by atomic mass is 35.5. The molecule has 8 rings (SSSR count). The number of fused-ring (bicyclic) bond motifs is 3. The van der Waals surface area contributed by atoms with Gasteiger partial charge in [0.25, 0.3) is 5.91 Å². The van der Waals surface area contributed by atoms with E-state index in [0.29, 0.717) is 38.5 Å². The zero-order chi connectivity index (χ0) is 29.1. The summed E-state index contributed by atoms with van der Waals surface area (Å²) in [6.07, 6.45) is 5.02. The van der Waals surface area contributed by atoms with Crippen LogP contribution >= 0.6 is 34.5 Å². The minimum atomic E-state index is -1.17. The Morgan fingerprint density at radius 2 is 1.88 bits per heavy atom. The van der Waals surface area contributed by atoms with Gasteiger partial charge in [-0.3, -0.25) is 9.59 Å². The summed E-state index contributed by atoms with van der Waals surface area (Å²) in [7, 11) is 0. The number of hydrogen-bond acceptors (Lipinski definition) is 8. The Bertz CT molecular complexity index is 1690. The normalized spacial score (nSPS) is 21.4. The number of aromatic nitrogens is 2. The lowest BCUT2D eigenvalue weighted by Crippen LogP contribution is -2.64. The van der Waals surface area contributed by atoms with Gasteiger partial charge in [-0.2, -0.15) is 0 Å². The van der Waals surface area contributed by atoms with Gasteiger partial charge in [0.2, 0.25) is 0 Å². The Balaban J connectivity index is 1.05. The molecule has 218 valence electrons. The van der Waals surface area contributed by atoms with E-state index in [-0.39, 0.29) is 29.2 Å². The van der Waals surface area contributed by atoms with Crippen molar-refractivity contribution in [1.82, 2.24) is 20.8 Å². The standard InChI is InChI=1S/C29H26Cl2FN5O4S/c30-19-2-1-3-20(31)24(19)25-18(27(41-36-25)13-4-5-13)11-33-15-8-16-10-17(9-15)37(16)29-35-26-21(32)6-14(7-22(26)42-29)28(40)34-12-23(38)39/h1-3,6-7,13,15-17,33H,4-5,8-12H2,(H,34,40)(H,38,39). The fraction of sp³-hybridized carbons (Fsp3) is 0.379. The summed E-state index contributed by atoms with van der Waals surface area (Å²) >= 11 is 14.4. The molecular weight excluding hydrogens is 604 g/mol. The fourth-order valence-corrected chi connectivity index (χ4v) is 7.89. The number of amides is 1. The smallest absolute Gasteiger partial charge is 0.322 e. The van der Waals surface area contributed by atoms with Crippen LogP contribution in [0.1, 0.15) is 59.7 Å². The highest BCUT2D eigenvalue weighted by Gasteiger charge is 2.46. The maximum Gasteiger partial charge on any atom is 0.322 e. The molecule has 2 saturated carbocycles. The number of anilines is 1. The van der Waals surface area contributed by atoms with Crippen LogP contribution in [0, 0.1) is 5.82 Å². The number of halogens is 3. The number of rotatable bonds is 9. The van der Waals surface area contributed by atoms with E-state index in [1.165, 1.54) is 11.3 Å². The number of thiazole rings is 1. The van der Waals surface area contributed by atoms with E-state index in [9.17, 15) is 14.0 Å². The largest absolute Gasteiger partial charge is 0.480 e. The van der Waals surface area contributed by atoms with Crippen molar-refractivity contribution < 1.29 is 23.6 Å². The third-order valence-corrected chi connectivity index (χ3v) is 9.94. The second-order valence-corrected chi connectivity index (χ2v) is 12.9. The highest BCUT2D eigenvalue weighted by molar-refractivity contribution is 7.22. The summed E-state index contributed by atoms with van der Waals surface area (Å²) in [6, 6.07) is 8.90. The van der Waals surface area contributed by atoms with Crippen LogP contribution in [0.15, 0.2) is 34.9 Å². The minimum absolute atomic E-state index is 0.0706. The maximum absolute atomic E-state index is 14.9. The molecule has 2 bridgehead atoms. The number of hydrogen-bond donors (Lipinski definition) is 3. The second-order valence-electron chi connectivity index (χ2n) is 11.1. The number of carbonyl (C=O) groups is 2. The molecule has 2 saturated heterocycles. The molecule has 0 radical (unpaired) electrons. The third-order valence-electron chi connectivity index (χ3n) is 8.30. The SMILES string of the molecule is O=C(O)CNC(=O)c1cc(F)c2nc(N3C4CC(NCc5c(-c6c(Cl)cccc6Cl)noc5C5CC5)CC3C4)sc2c1. The first kappa shape index (κ1) is 27.6. The lowest BCUT2D eigenvalue weighted by molar-refractivity contribution is -0.135. The van der Waals surface area contributed by atoms with Crippen LogP contribution in [0.4, 0.5) is 9.52 Å². The molecule has 2 aliphatic heterocycles. The van der Waals surface area contributed by atoms with Crippen molar-refractivity contribution in [3.05, 3.63) is 63.1 Å². The van der Waals surface area contributed by atoms with E-state index >= 15 is 0 Å². The molecule has 2 aromatic carbocycles. The number of carboxylic acid groups (broad SMARTS) is 1. The van der Waals surface area contributed by atoms with Gasteiger partial charge in [0.15, 0.2) is 10.9 Å². The molecule has 2 atom stereocenters. The number of benzene rings is 2. The van der Waals surface area contributed by atoms with Gasteiger partial charge in [-0.05, 0) is 56.4 Å². The Kier molecular flexibility index (Phi) is 7.08. The average Bonchev–Trinajstić information content (AvgIpc) is 3.58. The van der Waals surface area contributed by atoms with Gasteiger partial charge in [-0.1, -0.05) is 45.8 Å². The Morgan fingerprint density at radius 1 is 1.14 bits per heavy atom. The van der Waals surface area contributed by atoms with Gasteiger partial charge in [0, 0.05) is 47.3 Å². The molecule has 4 fully saturated rings. The molecule has 2 aromatic heterocycles. The third kappa shape index (κ3) is 5.02. The number of carboxylic acids is 1. The van der Waals surface area contributed by atoms with Crippen molar-refractivity contribution in [3.8, 4) is 11.3 Å². The van der Waals surface area contributed by atoms with Gasteiger partial charge in [0.1, 0.15) is 23.5 Å². The number of carbonyl (C=O) groups excluding carboxylic acids is 1. The predicted molar refractivity (Wildman–Crippen MR) is 158 cm³/mol. The van der Waals surface area contributed by atoms with Crippen LogP contribution in [0.2, 0.25) is 10.0 Å². The Morgan fingerprint density at radius 3 is 2.57 bits per heavy atom. The van der Waals surface area contributed by atoms with Crippen LogP contribution in [0.3, 0.4) is 0 Å². The quantitative estimate of drug-likeness (QED) is 0.206. The van der Waals surface area contributed by atoms with E-state index < -0.39 is 24.2 Å². The van der Waals surface area contributed by atoms with E-state index in [0.717, 1.165) is 54.6 Å². The van der Waals surface area contributed by atoms with Gasteiger partial charge in [-0.25, -0.2) is 9.37 Å². The average molecular weight is 631 g/mol. The minimum Gasteiger partial charge on any atom is -0.480 e. The Hall–Kier alpha value is -3.25. The molecule has 9 nitrogen and oxygen atoms in total. The van der Waals surface area contributed by atoms with Gasteiger partial charge >= 0.3 is 5.97 Å². The van der Waals surface area contributed by atoms with Gasteiger partial charge < -0.3 is 25.2 Å². The molecule has 42 heavy (non-hydrogen) atoms. The first-order valence-electron chi connectivity index (χ1n) is 13.8. The molecule has 13 heteroatoms. The molecular formula is C29H26Cl2FN5O4S. The Labute approximate surface area is 254 Å². The van der Waals surface area contributed by atoms with Crippen LogP contribution in [-0.2, 0) is 11.3 Å². The second kappa shape index (κ2) is 10.8. The number of nitrogens with zero attached hydrogens (tertiary/aromatic N) is 3. The van der Waals surface area contributed by atoms with E-state index in [4.69, 9.17) is 32.8 Å². The lowest BCUT2D eigenvalue weighted by Gasteiger charge is -2.55. The molecule has 4 heterocycles. The van der Waals surface area contributed by atoms with Crippen LogP contribution in [-0.4, -0.2) is 51.8 Å². The summed E-state index contributed by atoms with van der Waals surface area (Å²) in [5.74, 6) is -1.13. The van der Waals surface area contributed by atoms with Crippen LogP contribution in [0.5, 0.6) is 0 Å². The molecule has 4 aromatic rings. The van der Waals surface area contributed by atoms with Crippen molar-refractivity contribution in [2.24, 2.45) is 0 Å². The zero-order valence-electron chi connectivity index (χ0n) is 22.2. The first-order valence-corrected chi connectivity index (χ1v) is 15.4. The summed E-state index contributed by atoms with van der Waals surface area (Å²) < 4.78 is 21.2. The monoisotopic (exact) mass is 629 g/mol. The maximum atomic E-state index is 14.9. The van der Waals surface area contributed by atoms with Crippen molar-refractivity contribution in [2.75, 3.05) is 11.4 Å². The molecule has 4 aliphatic rings. The van der Waals surface area contributed by atoms with Crippen molar-refractivity contribution in [2.45, 2.75) is 62.7 Å². The van der Waals surface area contributed by atoms with E-state index in [1.54, 1.807) is 18.2 Å². The predicted octanol–water partition coefficient (Wildman–Crippen LogP) is 5.99. The van der Waals surface area contributed by atoms with Crippen LogP contribution in [0.25, 0.3) is 21.5 Å². The van der Waals surface area contributed by atoms with Crippen molar-refractivity contribution >= 4 is 61.8 Å². The molecule has 1 amide bonds. The summed E-state index contributed by atoms with van der Waals surface area (Å²) in [4.78, 5) is 29.9. The molecule has 2 unspecified atom stereocenters. The topological polar surface area (TPSA) is 121 Å². The number of nitrogens with one attached hydrogen (secondary N) is 2. The first-order chi connectivity index (χ1) is 20.3. The summed E-state index contributed by atoms with van der Waals surface area (Å²) in [5, 5.41) is 21.0. The van der Waals surface area contributed by atoms with Crippen molar-refractivity contribution in [1.29, 1.82) is 0 Å².